The smallest absolute Gasteiger partial charge is 0.258 e. The molecular formula is C27H29N5O6S. The Balaban J connectivity index is 1.42. The van der Waals surface area contributed by atoms with Crippen molar-refractivity contribution in [3.63, 3.8) is 0 Å². The molecule has 0 saturated heterocycles. The number of sulfonamides is 1. The van der Waals surface area contributed by atoms with Gasteiger partial charge in [-0.1, -0.05) is 30.3 Å². The van der Waals surface area contributed by atoms with E-state index in [4.69, 9.17) is 4.74 Å². The fourth-order valence-corrected chi connectivity index (χ4v) is 4.37. The van der Waals surface area contributed by atoms with E-state index in [0.717, 1.165) is 9.87 Å². The molecule has 0 aliphatic heterocycles. The molecule has 12 heteroatoms. The van der Waals surface area contributed by atoms with Crippen molar-refractivity contribution in [1.29, 1.82) is 0 Å². The Morgan fingerprint density at radius 2 is 1.59 bits per heavy atom. The van der Waals surface area contributed by atoms with E-state index in [2.05, 4.69) is 21.2 Å². The maximum Gasteiger partial charge on any atom is 0.258 e. The number of benzene rings is 3. The number of likely N-dealkylation sites (N-methyl/N-ethyl adjacent to an activating group) is 1. The Kier molecular flexibility index (Phi) is 10.3. The lowest BCUT2D eigenvalue weighted by molar-refractivity contribution is -0.123. The first-order chi connectivity index (χ1) is 18.6. The van der Waals surface area contributed by atoms with E-state index < -0.39 is 22.5 Å². The SMILES string of the molecule is CC(=O)Nc1ccc(S(=O)(=O)N(C)CC(=O)N/N=C/c2ccc(OCC(=O)NCc3ccccc3)cc2)cc1. The first-order valence-corrected chi connectivity index (χ1v) is 13.3. The summed E-state index contributed by atoms with van der Waals surface area (Å²) in [6, 6.07) is 21.8. The lowest BCUT2D eigenvalue weighted by Gasteiger charge is -2.16. The van der Waals surface area contributed by atoms with E-state index in [-0.39, 0.29) is 23.3 Å². The minimum Gasteiger partial charge on any atom is -0.484 e. The van der Waals surface area contributed by atoms with Crippen LogP contribution < -0.4 is 20.8 Å². The summed E-state index contributed by atoms with van der Waals surface area (Å²) in [4.78, 5) is 35.3. The van der Waals surface area contributed by atoms with Crippen LogP contribution in [0.1, 0.15) is 18.1 Å². The van der Waals surface area contributed by atoms with Gasteiger partial charge >= 0.3 is 0 Å². The van der Waals surface area contributed by atoms with Crippen LogP contribution in [0, 0.1) is 0 Å². The first kappa shape index (κ1) is 29.0. The van der Waals surface area contributed by atoms with Gasteiger partial charge in [-0.3, -0.25) is 14.4 Å². The molecule has 0 heterocycles. The minimum absolute atomic E-state index is 0.0219. The van der Waals surface area contributed by atoms with Gasteiger partial charge < -0.3 is 15.4 Å². The van der Waals surface area contributed by atoms with Crippen molar-refractivity contribution < 1.29 is 27.5 Å². The van der Waals surface area contributed by atoms with Crippen LogP contribution in [0.2, 0.25) is 0 Å². The number of ether oxygens (including phenoxy) is 1. The largest absolute Gasteiger partial charge is 0.484 e. The molecule has 0 atom stereocenters. The van der Waals surface area contributed by atoms with Crippen LogP contribution in [-0.2, 0) is 31.0 Å². The van der Waals surface area contributed by atoms with Gasteiger partial charge in [0.1, 0.15) is 5.75 Å². The van der Waals surface area contributed by atoms with Crippen LogP contribution in [0.15, 0.2) is 88.9 Å². The van der Waals surface area contributed by atoms with Crippen LogP contribution in [0.25, 0.3) is 0 Å². The summed E-state index contributed by atoms with van der Waals surface area (Å²) >= 11 is 0. The van der Waals surface area contributed by atoms with Crippen LogP contribution in [0.5, 0.6) is 5.75 Å². The number of carbonyl (C=O) groups excluding carboxylic acids is 3. The van der Waals surface area contributed by atoms with Crippen LogP contribution >= 0.6 is 0 Å². The van der Waals surface area contributed by atoms with E-state index in [1.165, 1.54) is 44.5 Å². The monoisotopic (exact) mass is 551 g/mol. The molecule has 3 amide bonds. The van der Waals surface area contributed by atoms with Crippen molar-refractivity contribution in [2.24, 2.45) is 5.10 Å². The molecule has 0 spiro atoms. The second-order valence-corrected chi connectivity index (χ2v) is 10.4. The van der Waals surface area contributed by atoms with Gasteiger partial charge in [0.25, 0.3) is 11.8 Å². The van der Waals surface area contributed by atoms with Crippen molar-refractivity contribution >= 4 is 39.6 Å². The predicted octanol–water partition coefficient (Wildman–Crippen LogP) is 2.11. The van der Waals surface area contributed by atoms with Gasteiger partial charge in [0.05, 0.1) is 17.7 Å². The molecule has 3 rings (SSSR count). The summed E-state index contributed by atoms with van der Waals surface area (Å²) < 4.78 is 31.8. The molecule has 0 aliphatic rings. The number of nitrogens with zero attached hydrogens (tertiary/aromatic N) is 2. The van der Waals surface area contributed by atoms with Crippen LogP contribution in [-0.4, -0.2) is 56.9 Å². The van der Waals surface area contributed by atoms with Gasteiger partial charge in [0, 0.05) is 26.2 Å². The molecule has 0 bridgehead atoms. The number of anilines is 1. The van der Waals surface area contributed by atoms with Crippen LogP contribution in [0.3, 0.4) is 0 Å². The van der Waals surface area contributed by atoms with Gasteiger partial charge in [-0.05, 0) is 59.7 Å². The highest BCUT2D eigenvalue weighted by molar-refractivity contribution is 7.89. The van der Waals surface area contributed by atoms with Crippen molar-refractivity contribution in [2.75, 3.05) is 25.5 Å². The van der Waals surface area contributed by atoms with Gasteiger partial charge in [-0.2, -0.15) is 9.41 Å². The Morgan fingerprint density at radius 3 is 2.23 bits per heavy atom. The van der Waals surface area contributed by atoms with E-state index in [9.17, 15) is 22.8 Å². The molecule has 0 fully saturated rings. The third-order valence-electron chi connectivity index (χ3n) is 5.23. The molecule has 204 valence electrons. The zero-order valence-electron chi connectivity index (χ0n) is 21.5. The predicted molar refractivity (Wildman–Crippen MR) is 147 cm³/mol. The van der Waals surface area contributed by atoms with Crippen molar-refractivity contribution in [3.8, 4) is 5.75 Å². The van der Waals surface area contributed by atoms with Crippen LogP contribution in [0.4, 0.5) is 5.69 Å². The number of amides is 3. The quantitative estimate of drug-likeness (QED) is 0.232. The van der Waals surface area contributed by atoms with Gasteiger partial charge in [0.2, 0.25) is 15.9 Å². The summed E-state index contributed by atoms with van der Waals surface area (Å²) in [6.45, 7) is 1.18. The highest BCUT2D eigenvalue weighted by Gasteiger charge is 2.22. The second kappa shape index (κ2) is 13.8. The number of hydrogen-bond donors (Lipinski definition) is 3. The fourth-order valence-electron chi connectivity index (χ4n) is 3.24. The van der Waals surface area contributed by atoms with E-state index in [1.807, 2.05) is 30.3 Å². The maximum atomic E-state index is 12.7. The number of rotatable bonds is 12. The standard InChI is InChI=1S/C27H29N5O6S/c1-20(33)30-23-10-14-25(15-11-23)39(36,37)32(2)18-26(34)31-29-17-22-8-12-24(13-9-22)38-19-27(35)28-16-21-6-4-3-5-7-21/h3-15,17H,16,18-19H2,1-2H3,(H,28,35)(H,30,33)(H,31,34)/b29-17+. The summed E-state index contributed by atoms with van der Waals surface area (Å²) in [6.07, 6.45) is 1.39. The molecule has 3 N–H and O–H groups in total. The highest BCUT2D eigenvalue weighted by Crippen LogP contribution is 2.17. The molecule has 39 heavy (non-hydrogen) atoms. The van der Waals surface area contributed by atoms with E-state index in [0.29, 0.717) is 23.5 Å². The molecule has 0 unspecified atom stereocenters. The van der Waals surface area contributed by atoms with Crippen molar-refractivity contribution in [1.82, 2.24) is 15.0 Å². The second-order valence-electron chi connectivity index (χ2n) is 8.38. The molecule has 0 aromatic heterocycles. The van der Waals surface area contributed by atoms with Gasteiger partial charge in [0.15, 0.2) is 6.61 Å². The summed E-state index contributed by atoms with van der Waals surface area (Å²) in [5.74, 6) is -0.666. The molecule has 3 aromatic rings. The molecule has 11 nitrogen and oxygen atoms in total. The minimum atomic E-state index is -3.93. The number of carbonyl (C=O) groups is 3. The number of hydrogen-bond acceptors (Lipinski definition) is 7. The summed E-state index contributed by atoms with van der Waals surface area (Å²) in [5.41, 5.74) is 4.39. The number of nitrogens with one attached hydrogen (secondary N) is 3. The molecule has 0 aliphatic carbocycles. The molecule has 0 saturated carbocycles. The Labute approximate surface area is 226 Å². The van der Waals surface area contributed by atoms with Crippen molar-refractivity contribution in [2.45, 2.75) is 18.4 Å². The third kappa shape index (κ3) is 9.36. The Hall–Kier alpha value is -4.55. The zero-order valence-corrected chi connectivity index (χ0v) is 22.3. The molecular weight excluding hydrogens is 522 g/mol. The zero-order chi connectivity index (χ0) is 28.3. The number of hydrazone groups is 1. The lowest BCUT2D eigenvalue weighted by Crippen LogP contribution is -2.36. The fraction of sp³-hybridized carbons (Fsp3) is 0.185. The average Bonchev–Trinajstić information content (AvgIpc) is 2.92. The summed E-state index contributed by atoms with van der Waals surface area (Å²) in [5, 5.41) is 9.19. The van der Waals surface area contributed by atoms with E-state index in [1.54, 1.807) is 24.3 Å². The Bertz CT molecular complexity index is 1410. The van der Waals surface area contributed by atoms with Gasteiger partial charge in [-0.25, -0.2) is 13.8 Å². The topological polar surface area (TPSA) is 146 Å². The van der Waals surface area contributed by atoms with Crippen molar-refractivity contribution in [3.05, 3.63) is 90.0 Å². The Morgan fingerprint density at radius 1 is 0.923 bits per heavy atom. The van der Waals surface area contributed by atoms with Gasteiger partial charge in [-0.15, -0.1) is 0 Å². The summed E-state index contributed by atoms with van der Waals surface area (Å²) in [7, 11) is -2.65. The normalized spacial score (nSPS) is 11.3. The highest BCUT2D eigenvalue weighted by atomic mass is 32.2. The molecule has 0 radical (unpaired) electrons. The third-order valence-corrected chi connectivity index (χ3v) is 7.05. The molecule has 3 aromatic carbocycles. The van der Waals surface area contributed by atoms with E-state index >= 15 is 0 Å². The first-order valence-electron chi connectivity index (χ1n) is 11.8. The average molecular weight is 552 g/mol. The lowest BCUT2D eigenvalue weighted by atomic mass is 10.2. The maximum absolute atomic E-state index is 12.7.